The normalized spacial score (nSPS) is 10.2. The highest BCUT2D eigenvalue weighted by atomic mass is 16.6. The van der Waals surface area contributed by atoms with Crippen LogP contribution in [-0.4, -0.2) is 41.9 Å². The quantitative estimate of drug-likeness (QED) is 0.371. The number of methoxy groups -OCH3 is 1. The van der Waals surface area contributed by atoms with Crippen LogP contribution in [0.5, 0.6) is 0 Å². The molecule has 11 nitrogen and oxygen atoms in total. The van der Waals surface area contributed by atoms with Crippen LogP contribution >= 0.6 is 0 Å². The third-order valence-electron chi connectivity index (χ3n) is 3.86. The highest BCUT2D eigenvalue weighted by molar-refractivity contribution is 6.10. The van der Waals surface area contributed by atoms with Gasteiger partial charge in [0.05, 0.1) is 27.2 Å². The van der Waals surface area contributed by atoms with Gasteiger partial charge in [0.1, 0.15) is 5.56 Å². The number of nitro benzene ring substituents is 2. The molecule has 0 saturated carbocycles. The summed E-state index contributed by atoms with van der Waals surface area (Å²) in [6, 6.07) is 8.86. The Morgan fingerprint density at radius 3 is 2.38 bits per heavy atom. The second-order valence-electron chi connectivity index (χ2n) is 5.82. The van der Waals surface area contributed by atoms with E-state index in [-0.39, 0.29) is 16.8 Å². The van der Waals surface area contributed by atoms with Crippen molar-refractivity contribution in [3.05, 3.63) is 73.8 Å². The zero-order valence-electron chi connectivity index (χ0n) is 15.4. The largest absolute Gasteiger partial charge is 0.385 e. The average molecular weight is 402 g/mol. The first kappa shape index (κ1) is 21.4. The molecule has 152 valence electrons. The maximum Gasteiger partial charge on any atom is 0.289 e. The number of amides is 2. The second kappa shape index (κ2) is 9.90. The first-order valence-electron chi connectivity index (χ1n) is 8.45. The zero-order chi connectivity index (χ0) is 21.4. The van der Waals surface area contributed by atoms with Crippen LogP contribution < -0.4 is 10.6 Å². The highest BCUT2D eigenvalue weighted by Crippen LogP contribution is 2.26. The van der Waals surface area contributed by atoms with Crippen LogP contribution in [-0.2, 0) is 4.74 Å². The summed E-state index contributed by atoms with van der Waals surface area (Å²) in [4.78, 5) is 45.3. The lowest BCUT2D eigenvalue weighted by Gasteiger charge is -2.11. The van der Waals surface area contributed by atoms with Gasteiger partial charge in [-0.1, -0.05) is 12.1 Å². The van der Waals surface area contributed by atoms with Gasteiger partial charge >= 0.3 is 0 Å². The van der Waals surface area contributed by atoms with E-state index in [1.165, 1.54) is 12.1 Å². The Morgan fingerprint density at radius 2 is 1.72 bits per heavy atom. The number of para-hydroxylation sites is 1. The molecule has 0 radical (unpaired) electrons. The lowest BCUT2D eigenvalue weighted by Crippen LogP contribution is -2.26. The van der Waals surface area contributed by atoms with Gasteiger partial charge in [0.2, 0.25) is 0 Å². The fourth-order valence-corrected chi connectivity index (χ4v) is 2.47. The molecular weight excluding hydrogens is 384 g/mol. The third-order valence-corrected chi connectivity index (χ3v) is 3.86. The van der Waals surface area contributed by atoms with Gasteiger partial charge in [0.25, 0.3) is 23.2 Å². The van der Waals surface area contributed by atoms with E-state index in [2.05, 4.69) is 10.6 Å². The molecule has 0 spiro atoms. The minimum Gasteiger partial charge on any atom is -0.385 e. The standard InChI is InChI=1S/C18H18N4O7/c1-29-10-4-9-19-17(23)13-5-2-3-6-15(13)20-18(24)14-8-7-12(21(25)26)11-16(14)22(27)28/h2-3,5-8,11H,4,9-10H2,1H3,(H,19,23)(H,20,24). The summed E-state index contributed by atoms with van der Waals surface area (Å²) in [5.74, 6) is -1.30. The van der Waals surface area contributed by atoms with Gasteiger partial charge < -0.3 is 15.4 Å². The van der Waals surface area contributed by atoms with Crippen LogP contribution in [0.4, 0.5) is 17.1 Å². The molecule has 0 aliphatic heterocycles. The predicted molar refractivity (Wildman–Crippen MR) is 103 cm³/mol. The molecule has 2 aromatic carbocycles. The molecule has 0 fully saturated rings. The number of hydrogen-bond donors (Lipinski definition) is 2. The lowest BCUT2D eigenvalue weighted by molar-refractivity contribution is -0.394. The number of nitro groups is 2. The van der Waals surface area contributed by atoms with E-state index in [9.17, 15) is 29.8 Å². The van der Waals surface area contributed by atoms with Crippen LogP contribution in [0.3, 0.4) is 0 Å². The van der Waals surface area contributed by atoms with Crippen molar-refractivity contribution in [1.82, 2.24) is 5.32 Å². The van der Waals surface area contributed by atoms with Crippen molar-refractivity contribution in [2.24, 2.45) is 0 Å². The lowest BCUT2D eigenvalue weighted by atomic mass is 10.1. The first-order chi connectivity index (χ1) is 13.8. The molecule has 11 heteroatoms. The summed E-state index contributed by atoms with van der Waals surface area (Å²) in [6.45, 7) is 0.839. The van der Waals surface area contributed by atoms with Gasteiger partial charge in [-0.05, 0) is 24.6 Å². The predicted octanol–water partition coefficient (Wildman–Crippen LogP) is 2.52. The summed E-state index contributed by atoms with van der Waals surface area (Å²) in [7, 11) is 1.55. The molecule has 0 aliphatic carbocycles. The topological polar surface area (TPSA) is 154 Å². The van der Waals surface area contributed by atoms with Gasteiger partial charge in [0.15, 0.2) is 0 Å². The molecule has 2 N–H and O–H groups in total. The van der Waals surface area contributed by atoms with E-state index in [0.717, 1.165) is 12.1 Å². The molecule has 0 aromatic heterocycles. The molecule has 2 amide bonds. The molecule has 2 aromatic rings. The van der Waals surface area contributed by atoms with E-state index in [1.54, 1.807) is 19.2 Å². The van der Waals surface area contributed by atoms with Gasteiger partial charge in [-0.2, -0.15) is 0 Å². The number of hydrogen-bond acceptors (Lipinski definition) is 7. The van der Waals surface area contributed by atoms with Crippen LogP contribution in [0, 0.1) is 20.2 Å². The third kappa shape index (κ3) is 5.56. The number of rotatable bonds is 9. The van der Waals surface area contributed by atoms with E-state index >= 15 is 0 Å². The molecule has 0 atom stereocenters. The van der Waals surface area contributed by atoms with Crippen molar-refractivity contribution in [2.75, 3.05) is 25.6 Å². The Balaban J connectivity index is 2.24. The van der Waals surface area contributed by atoms with E-state index in [4.69, 9.17) is 4.74 Å². The van der Waals surface area contributed by atoms with E-state index in [0.29, 0.717) is 25.6 Å². The molecule has 2 rings (SSSR count). The molecule has 0 heterocycles. The van der Waals surface area contributed by atoms with Crippen LogP contribution in [0.15, 0.2) is 42.5 Å². The van der Waals surface area contributed by atoms with Crippen molar-refractivity contribution in [2.45, 2.75) is 6.42 Å². The van der Waals surface area contributed by atoms with E-state index < -0.39 is 33.0 Å². The smallest absolute Gasteiger partial charge is 0.289 e. The number of carbonyl (C=O) groups excluding carboxylic acids is 2. The van der Waals surface area contributed by atoms with Gasteiger partial charge in [-0.3, -0.25) is 29.8 Å². The maximum absolute atomic E-state index is 12.6. The molecule has 0 bridgehead atoms. The Bertz CT molecular complexity index is 946. The Kier molecular flexibility index (Phi) is 7.32. The van der Waals surface area contributed by atoms with Crippen molar-refractivity contribution in [1.29, 1.82) is 0 Å². The molecule has 0 saturated heterocycles. The second-order valence-corrected chi connectivity index (χ2v) is 5.82. The summed E-state index contributed by atoms with van der Waals surface area (Å²) in [5.41, 5.74) is -1.27. The van der Waals surface area contributed by atoms with Crippen molar-refractivity contribution in [3.8, 4) is 0 Å². The van der Waals surface area contributed by atoms with Crippen LogP contribution in [0.2, 0.25) is 0 Å². The van der Waals surface area contributed by atoms with Gasteiger partial charge in [-0.15, -0.1) is 0 Å². The van der Waals surface area contributed by atoms with Gasteiger partial charge in [0, 0.05) is 26.3 Å². The molecule has 0 aliphatic rings. The fraction of sp³-hybridized carbons (Fsp3) is 0.222. The van der Waals surface area contributed by atoms with Crippen molar-refractivity contribution < 1.29 is 24.2 Å². The number of non-ortho nitro benzene ring substituents is 1. The number of nitrogens with one attached hydrogen (secondary N) is 2. The molecule has 29 heavy (non-hydrogen) atoms. The van der Waals surface area contributed by atoms with Crippen LogP contribution in [0.25, 0.3) is 0 Å². The monoisotopic (exact) mass is 402 g/mol. The number of benzene rings is 2. The average Bonchev–Trinajstić information content (AvgIpc) is 2.70. The molecule has 0 unspecified atom stereocenters. The minimum absolute atomic E-state index is 0.148. The summed E-state index contributed by atoms with van der Waals surface area (Å²) in [6.07, 6.45) is 0.603. The van der Waals surface area contributed by atoms with Crippen LogP contribution in [0.1, 0.15) is 27.1 Å². The van der Waals surface area contributed by atoms with Crippen molar-refractivity contribution >= 4 is 28.9 Å². The van der Waals surface area contributed by atoms with Crippen molar-refractivity contribution in [3.63, 3.8) is 0 Å². The van der Waals surface area contributed by atoms with Gasteiger partial charge in [-0.25, -0.2) is 0 Å². The summed E-state index contributed by atoms with van der Waals surface area (Å²) >= 11 is 0. The Hall–Kier alpha value is -3.86. The first-order valence-corrected chi connectivity index (χ1v) is 8.45. The Morgan fingerprint density at radius 1 is 1.00 bits per heavy atom. The molecular formula is C18H18N4O7. The number of carbonyl (C=O) groups is 2. The van der Waals surface area contributed by atoms with E-state index in [1.807, 2.05) is 0 Å². The SMILES string of the molecule is COCCCNC(=O)c1ccccc1NC(=O)c1ccc([N+](=O)[O-])cc1[N+](=O)[O-]. The summed E-state index contributed by atoms with van der Waals surface area (Å²) in [5, 5.41) is 27.2. The number of nitrogens with zero attached hydrogens (tertiary/aromatic N) is 2. The number of ether oxygens (including phenoxy) is 1. The maximum atomic E-state index is 12.6. The highest BCUT2D eigenvalue weighted by Gasteiger charge is 2.25. The summed E-state index contributed by atoms with van der Waals surface area (Å²) < 4.78 is 4.90. The minimum atomic E-state index is -0.879. The zero-order valence-corrected chi connectivity index (χ0v) is 15.4. The number of anilines is 1. The Labute approximate surface area is 165 Å². The fourth-order valence-electron chi connectivity index (χ4n) is 2.47.